The van der Waals surface area contributed by atoms with Gasteiger partial charge in [-0.05, 0) is 31.2 Å². The number of hydrogen-bond acceptors (Lipinski definition) is 4. The summed E-state index contributed by atoms with van der Waals surface area (Å²) in [5, 5.41) is 10.2. The van der Waals surface area contributed by atoms with Crippen molar-refractivity contribution >= 4 is 23.3 Å². The molecule has 24 heavy (non-hydrogen) atoms. The van der Waals surface area contributed by atoms with Crippen molar-refractivity contribution in [3.63, 3.8) is 0 Å². The van der Waals surface area contributed by atoms with Crippen LogP contribution in [0.5, 0.6) is 5.75 Å². The molecule has 0 bridgehead atoms. The van der Waals surface area contributed by atoms with Crippen LogP contribution in [0.2, 0.25) is 0 Å². The standard InChI is InChI=1S/C19H23N3O.ClH/c1-11-6-8-13-14(9-7-12(10-20)15(13)22-11)23-17-18(2,3)16(21)19(17,4)5;/h6-9,16-17H,21H2,1-5H3;1H. The van der Waals surface area contributed by atoms with Crippen LogP contribution in [-0.2, 0) is 0 Å². The Kier molecular flexibility index (Phi) is 4.56. The highest BCUT2D eigenvalue weighted by atomic mass is 35.5. The molecule has 128 valence electrons. The van der Waals surface area contributed by atoms with Gasteiger partial charge in [-0.15, -0.1) is 12.4 Å². The van der Waals surface area contributed by atoms with Gasteiger partial charge in [0.25, 0.3) is 0 Å². The molecule has 1 heterocycles. The van der Waals surface area contributed by atoms with E-state index in [1.807, 2.05) is 25.1 Å². The topological polar surface area (TPSA) is 71.9 Å². The molecule has 4 nitrogen and oxygen atoms in total. The van der Waals surface area contributed by atoms with E-state index >= 15 is 0 Å². The molecule has 0 radical (unpaired) electrons. The van der Waals surface area contributed by atoms with Crippen molar-refractivity contribution in [1.82, 2.24) is 4.98 Å². The van der Waals surface area contributed by atoms with Gasteiger partial charge in [0, 0.05) is 28.0 Å². The molecule has 1 aliphatic rings. The van der Waals surface area contributed by atoms with E-state index in [4.69, 9.17) is 10.5 Å². The fourth-order valence-electron chi connectivity index (χ4n) is 4.06. The highest BCUT2D eigenvalue weighted by Gasteiger charge is 2.62. The lowest BCUT2D eigenvalue weighted by atomic mass is 9.50. The Balaban J connectivity index is 0.00000208. The van der Waals surface area contributed by atoms with Gasteiger partial charge in [-0.3, -0.25) is 4.98 Å². The second-order valence-corrected chi connectivity index (χ2v) is 7.69. The second-order valence-electron chi connectivity index (χ2n) is 7.69. The van der Waals surface area contributed by atoms with Crippen LogP contribution in [0.4, 0.5) is 0 Å². The average molecular weight is 346 g/mol. The van der Waals surface area contributed by atoms with Crippen molar-refractivity contribution < 1.29 is 4.74 Å². The minimum atomic E-state index is -0.0954. The van der Waals surface area contributed by atoms with Crippen molar-refractivity contribution in [2.75, 3.05) is 0 Å². The van der Waals surface area contributed by atoms with Crippen molar-refractivity contribution in [2.45, 2.75) is 46.8 Å². The zero-order valence-electron chi connectivity index (χ0n) is 14.8. The highest BCUT2D eigenvalue weighted by molar-refractivity contribution is 5.89. The molecule has 0 atom stereocenters. The summed E-state index contributed by atoms with van der Waals surface area (Å²) in [7, 11) is 0. The third kappa shape index (κ3) is 2.53. The lowest BCUT2D eigenvalue weighted by molar-refractivity contribution is -0.154. The van der Waals surface area contributed by atoms with Crippen LogP contribution in [0.15, 0.2) is 24.3 Å². The summed E-state index contributed by atoms with van der Waals surface area (Å²) in [4.78, 5) is 4.52. The van der Waals surface area contributed by atoms with Crippen molar-refractivity contribution in [1.29, 1.82) is 5.26 Å². The molecule has 2 N–H and O–H groups in total. The molecule has 1 aliphatic carbocycles. The minimum Gasteiger partial charge on any atom is -0.488 e. The molecule has 0 spiro atoms. The van der Waals surface area contributed by atoms with E-state index < -0.39 is 0 Å². The van der Waals surface area contributed by atoms with Crippen LogP contribution < -0.4 is 10.5 Å². The molecule has 0 unspecified atom stereocenters. The monoisotopic (exact) mass is 345 g/mol. The Morgan fingerprint density at radius 1 is 1.12 bits per heavy atom. The lowest BCUT2D eigenvalue weighted by Gasteiger charge is -2.61. The summed E-state index contributed by atoms with van der Waals surface area (Å²) < 4.78 is 6.37. The van der Waals surface area contributed by atoms with E-state index in [0.717, 1.165) is 16.8 Å². The van der Waals surface area contributed by atoms with E-state index in [1.165, 1.54) is 0 Å². The molecule has 0 amide bonds. The number of benzene rings is 1. The molecule has 0 aliphatic heterocycles. The Hall–Kier alpha value is -1.83. The van der Waals surface area contributed by atoms with Crippen molar-refractivity contribution in [2.24, 2.45) is 16.6 Å². The average Bonchev–Trinajstić information content (AvgIpc) is 2.50. The quantitative estimate of drug-likeness (QED) is 0.893. The number of rotatable bonds is 2. The van der Waals surface area contributed by atoms with Crippen LogP contribution in [-0.4, -0.2) is 17.1 Å². The maximum Gasteiger partial charge on any atom is 0.129 e. The number of nitrogens with two attached hydrogens (primary N) is 1. The molecule has 3 rings (SSSR count). The van der Waals surface area contributed by atoms with Crippen molar-refractivity contribution in [3.8, 4) is 11.8 Å². The predicted octanol–water partition coefficient (Wildman–Crippen LogP) is 3.98. The maximum absolute atomic E-state index is 9.31. The smallest absolute Gasteiger partial charge is 0.129 e. The van der Waals surface area contributed by atoms with Crippen LogP contribution in [0.1, 0.15) is 39.0 Å². The van der Waals surface area contributed by atoms with E-state index in [1.54, 1.807) is 6.07 Å². The third-order valence-electron chi connectivity index (χ3n) is 5.28. The first-order valence-corrected chi connectivity index (χ1v) is 7.92. The summed E-state index contributed by atoms with van der Waals surface area (Å²) in [5.41, 5.74) is 8.28. The zero-order valence-corrected chi connectivity index (χ0v) is 15.6. The first kappa shape index (κ1) is 18.5. The number of nitriles is 1. The van der Waals surface area contributed by atoms with Crippen molar-refractivity contribution in [3.05, 3.63) is 35.5 Å². The van der Waals surface area contributed by atoms with Crippen LogP contribution in [0, 0.1) is 29.1 Å². The summed E-state index contributed by atoms with van der Waals surface area (Å²) in [5.74, 6) is 0.768. The van der Waals surface area contributed by atoms with Gasteiger partial charge in [-0.2, -0.15) is 5.26 Å². The molecule has 0 saturated heterocycles. The Labute approximate surface area is 149 Å². The summed E-state index contributed by atoms with van der Waals surface area (Å²) in [6.07, 6.45) is 0.0161. The minimum absolute atomic E-state index is 0. The van der Waals surface area contributed by atoms with Crippen LogP contribution in [0.3, 0.4) is 0 Å². The fourth-order valence-corrected chi connectivity index (χ4v) is 4.06. The molecular formula is C19H24ClN3O. The van der Waals surface area contributed by atoms with Crippen LogP contribution in [0.25, 0.3) is 10.9 Å². The summed E-state index contributed by atoms with van der Waals surface area (Å²) in [6.45, 7) is 10.5. The van der Waals surface area contributed by atoms with Crippen LogP contribution >= 0.6 is 12.4 Å². The van der Waals surface area contributed by atoms with Gasteiger partial charge >= 0.3 is 0 Å². The van der Waals surface area contributed by atoms with Gasteiger partial charge in [0.2, 0.25) is 0 Å². The number of ether oxygens (including phenoxy) is 1. The SMILES string of the molecule is Cc1ccc2c(OC3C(C)(C)C(N)C3(C)C)ccc(C#N)c2n1.Cl. The Morgan fingerprint density at radius 2 is 1.75 bits per heavy atom. The largest absolute Gasteiger partial charge is 0.488 e. The fraction of sp³-hybridized carbons (Fsp3) is 0.474. The summed E-state index contributed by atoms with van der Waals surface area (Å²) in [6, 6.07) is 9.87. The van der Waals surface area contributed by atoms with E-state index in [9.17, 15) is 5.26 Å². The summed E-state index contributed by atoms with van der Waals surface area (Å²) >= 11 is 0. The Morgan fingerprint density at radius 3 is 2.33 bits per heavy atom. The number of pyridine rings is 1. The third-order valence-corrected chi connectivity index (χ3v) is 5.28. The zero-order chi connectivity index (χ0) is 17.0. The molecular weight excluding hydrogens is 322 g/mol. The van der Waals surface area contributed by atoms with E-state index in [0.29, 0.717) is 11.1 Å². The predicted molar refractivity (Wildman–Crippen MR) is 98.4 cm³/mol. The van der Waals surface area contributed by atoms with E-state index in [-0.39, 0.29) is 35.4 Å². The van der Waals surface area contributed by atoms with Gasteiger partial charge in [-0.1, -0.05) is 27.7 Å². The molecule has 5 heteroatoms. The molecule has 1 aromatic carbocycles. The number of halogens is 1. The van der Waals surface area contributed by atoms with Gasteiger partial charge < -0.3 is 10.5 Å². The van der Waals surface area contributed by atoms with Gasteiger partial charge in [0.15, 0.2) is 0 Å². The van der Waals surface area contributed by atoms with E-state index in [2.05, 4.69) is 38.7 Å². The van der Waals surface area contributed by atoms with Gasteiger partial charge in [0.1, 0.15) is 17.9 Å². The lowest BCUT2D eigenvalue weighted by Crippen LogP contribution is -2.72. The number of aromatic nitrogens is 1. The van der Waals surface area contributed by atoms with Gasteiger partial charge in [-0.25, -0.2) is 0 Å². The number of fused-ring (bicyclic) bond motifs is 1. The normalized spacial score (nSPS) is 23.7. The second kappa shape index (κ2) is 5.91. The first-order valence-electron chi connectivity index (χ1n) is 7.92. The van der Waals surface area contributed by atoms with Gasteiger partial charge in [0.05, 0.1) is 11.1 Å². The number of aryl methyl sites for hydroxylation is 1. The molecule has 1 aromatic heterocycles. The number of nitrogens with zero attached hydrogens (tertiary/aromatic N) is 2. The maximum atomic E-state index is 9.31. The highest BCUT2D eigenvalue weighted by Crippen LogP contribution is 2.54. The Bertz CT molecular complexity index is 807. The molecule has 2 aromatic rings. The first-order chi connectivity index (χ1) is 10.7. The molecule has 1 saturated carbocycles. The number of hydrogen-bond donors (Lipinski definition) is 1. The molecule has 1 fully saturated rings.